The molecule has 2 N–H and O–H groups in total. The molecule has 0 saturated carbocycles. The SMILES string of the molecule is CCc1ccccc1NC(=O)NC(=O)c1c(Cl)cc(C(F)(F)F)cc1Cl. The maximum atomic E-state index is 12.7. The summed E-state index contributed by atoms with van der Waals surface area (Å²) in [5.41, 5.74) is -0.156. The smallest absolute Gasteiger partial charge is 0.307 e. The van der Waals surface area contributed by atoms with E-state index >= 15 is 0 Å². The number of carbonyl (C=O) groups is 2. The van der Waals surface area contributed by atoms with Crippen LogP contribution < -0.4 is 10.6 Å². The first-order valence-electron chi connectivity index (χ1n) is 7.40. The number of benzene rings is 2. The van der Waals surface area contributed by atoms with Gasteiger partial charge in [-0.1, -0.05) is 48.3 Å². The number of amides is 3. The molecule has 0 unspecified atom stereocenters. The Morgan fingerprint density at radius 2 is 1.65 bits per heavy atom. The molecule has 0 aliphatic rings. The number of imide groups is 1. The molecule has 0 fully saturated rings. The van der Waals surface area contributed by atoms with Crippen LogP contribution in [0.4, 0.5) is 23.7 Å². The number of hydrogen-bond donors (Lipinski definition) is 2. The minimum atomic E-state index is -4.66. The highest BCUT2D eigenvalue weighted by Crippen LogP contribution is 2.35. The van der Waals surface area contributed by atoms with E-state index in [4.69, 9.17) is 23.2 Å². The highest BCUT2D eigenvalue weighted by atomic mass is 35.5. The summed E-state index contributed by atoms with van der Waals surface area (Å²) in [5, 5.41) is 3.48. The second kappa shape index (κ2) is 7.97. The van der Waals surface area contributed by atoms with Crippen molar-refractivity contribution < 1.29 is 22.8 Å². The number of hydrogen-bond acceptors (Lipinski definition) is 2. The lowest BCUT2D eigenvalue weighted by Crippen LogP contribution is -2.35. The lowest BCUT2D eigenvalue weighted by Gasteiger charge is -2.13. The molecule has 0 aliphatic carbocycles. The van der Waals surface area contributed by atoms with E-state index in [1.807, 2.05) is 12.2 Å². The Morgan fingerprint density at radius 1 is 1.08 bits per heavy atom. The van der Waals surface area contributed by atoms with E-state index in [2.05, 4.69) is 5.32 Å². The van der Waals surface area contributed by atoms with E-state index in [0.717, 1.165) is 5.56 Å². The van der Waals surface area contributed by atoms with Gasteiger partial charge in [0, 0.05) is 5.69 Å². The standard InChI is InChI=1S/C17H13Cl2F3N2O2/c1-2-9-5-3-4-6-13(9)23-16(26)24-15(25)14-11(18)7-10(8-12(14)19)17(20,21)22/h3-8H,2H2,1H3,(H2,23,24,25,26). The Bertz CT molecular complexity index is 831. The van der Waals surface area contributed by atoms with E-state index in [-0.39, 0.29) is 0 Å². The Hall–Kier alpha value is -2.25. The van der Waals surface area contributed by atoms with E-state index in [0.29, 0.717) is 24.2 Å². The molecule has 9 heteroatoms. The van der Waals surface area contributed by atoms with E-state index in [1.165, 1.54) is 0 Å². The quantitative estimate of drug-likeness (QED) is 0.705. The van der Waals surface area contributed by atoms with Crippen molar-refractivity contribution in [2.24, 2.45) is 0 Å². The zero-order valence-electron chi connectivity index (χ0n) is 13.4. The molecule has 0 aromatic heterocycles. The molecule has 2 aromatic carbocycles. The molecule has 26 heavy (non-hydrogen) atoms. The molecule has 0 radical (unpaired) electrons. The monoisotopic (exact) mass is 404 g/mol. The van der Waals surface area contributed by atoms with Gasteiger partial charge in [-0.3, -0.25) is 10.1 Å². The fourth-order valence-electron chi connectivity index (χ4n) is 2.22. The zero-order valence-corrected chi connectivity index (χ0v) is 14.9. The van der Waals surface area contributed by atoms with Crippen LogP contribution in [0.1, 0.15) is 28.4 Å². The summed E-state index contributed by atoms with van der Waals surface area (Å²) < 4.78 is 38.2. The number of anilines is 1. The molecular formula is C17H13Cl2F3N2O2. The van der Waals surface area contributed by atoms with Gasteiger partial charge < -0.3 is 5.32 Å². The van der Waals surface area contributed by atoms with Crippen LogP contribution in [0.3, 0.4) is 0 Å². The molecule has 0 aliphatic heterocycles. The highest BCUT2D eigenvalue weighted by Gasteiger charge is 2.33. The van der Waals surface area contributed by atoms with Crippen LogP contribution in [0.2, 0.25) is 10.0 Å². The molecule has 0 spiro atoms. The molecule has 4 nitrogen and oxygen atoms in total. The molecule has 0 atom stereocenters. The fraction of sp³-hybridized carbons (Fsp3) is 0.176. The van der Waals surface area contributed by atoms with Gasteiger partial charge in [0.2, 0.25) is 0 Å². The van der Waals surface area contributed by atoms with Gasteiger partial charge in [-0.15, -0.1) is 0 Å². The molecule has 0 saturated heterocycles. The second-order valence-electron chi connectivity index (χ2n) is 5.23. The topological polar surface area (TPSA) is 58.2 Å². The molecule has 2 rings (SSSR count). The number of para-hydroxylation sites is 1. The third-order valence-electron chi connectivity index (χ3n) is 3.47. The van der Waals surface area contributed by atoms with Gasteiger partial charge in [-0.05, 0) is 30.2 Å². The first-order chi connectivity index (χ1) is 12.1. The van der Waals surface area contributed by atoms with Crippen LogP contribution in [0.5, 0.6) is 0 Å². The summed E-state index contributed by atoms with van der Waals surface area (Å²) in [6, 6.07) is 7.26. The number of rotatable bonds is 3. The predicted octanol–water partition coefficient (Wildman–Crippen LogP) is 5.54. The molecular weight excluding hydrogens is 392 g/mol. The first-order valence-corrected chi connectivity index (χ1v) is 8.15. The van der Waals surface area contributed by atoms with Crippen molar-refractivity contribution >= 4 is 40.8 Å². The van der Waals surface area contributed by atoms with Crippen molar-refractivity contribution in [1.29, 1.82) is 0 Å². The van der Waals surface area contributed by atoms with Gasteiger partial charge in [0.25, 0.3) is 5.91 Å². The maximum Gasteiger partial charge on any atom is 0.416 e. The number of urea groups is 1. The normalized spacial score (nSPS) is 11.2. The summed E-state index contributed by atoms with van der Waals surface area (Å²) in [5.74, 6) is -1.01. The van der Waals surface area contributed by atoms with Crippen molar-refractivity contribution in [3.63, 3.8) is 0 Å². The van der Waals surface area contributed by atoms with Gasteiger partial charge in [0.05, 0.1) is 21.2 Å². The third-order valence-corrected chi connectivity index (χ3v) is 4.07. The van der Waals surface area contributed by atoms with Gasteiger partial charge in [0.15, 0.2) is 0 Å². The predicted molar refractivity (Wildman–Crippen MR) is 93.8 cm³/mol. The Balaban J connectivity index is 2.18. The Kier molecular flexibility index (Phi) is 6.15. The first kappa shape index (κ1) is 20.1. The highest BCUT2D eigenvalue weighted by molar-refractivity contribution is 6.40. The number of aryl methyl sites for hydroxylation is 1. The van der Waals surface area contributed by atoms with Crippen LogP contribution >= 0.6 is 23.2 Å². The lowest BCUT2D eigenvalue weighted by molar-refractivity contribution is -0.137. The van der Waals surface area contributed by atoms with Crippen LogP contribution in [0.25, 0.3) is 0 Å². The average molecular weight is 405 g/mol. The summed E-state index contributed by atoms with van der Waals surface area (Å²) in [6.45, 7) is 1.89. The molecule has 0 heterocycles. The fourth-order valence-corrected chi connectivity index (χ4v) is 2.88. The van der Waals surface area contributed by atoms with Gasteiger partial charge in [0.1, 0.15) is 0 Å². The lowest BCUT2D eigenvalue weighted by atomic mass is 10.1. The van der Waals surface area contributed by atoms with Crippen molar-refractivity contribution in [1.82, 2.24) is 5.32 Å². The van der Waals surface area contributed by atoms with Crippen molar-refractivity contribution in [3.8, 4) is 0 Å². The summed E-state index contributed by atoms with van der Waals surface area (Å²) in [6.07, 6.45) is -4.01. The Morgan fingerprint density at radius 3 is 2.19 bits per heavy atom. The summed E-state index contributed by atoms with van der Waals surface area (Å²) in [4.78, 5) is 24.2. The minimum Gasteiger partial charge on any atom is -0.307 e. The third kappa shape index (κ3) is 4.68. The summed E-state index contributed by atoms with van der Waals surface area (Å²) in [7, 11) is 0. The van der Waals surface area contributed by atoms with Crippen LogP contribution in [-0.2, 0) is 12.6 Å². The van der Waals surface area contributed by atoms with Gasteiger partial charge in [-0.25, -0.2) is 4.79 Å². The zero-order chi connectivity index (χ0) is 19.5. The van der Waals surface area contributed by atoms with Gasteiger partial charge in [-0.2, -0.15) is 13.2 Å². The number of carbonyl (C=O) groups excluding carboxylic acids is 2. The van der Waals surface area contributed by atoms with Crippen molar-refractivity contribution in [2.75, 3.05) is 5.32 Å². The number of alkyl halides is 3. The largest absolute Gasteiger partial charge is 0.416 e. The molecule has 3 amide bonds. The van der Waals surface area contributed by atoms with E-state index in [1.54, 1.807) is 24.3 Å². The maximum absolute atomic E-state index is 12.7. The van der Waals surface area contributed by atoms with Crippen LogP contribution in [-0.4, -0.2) is 11.9 Å². The van der Waals surface area contributed by atoms with Crippen molar-refractivity contribution in [2.45, 2.75) is 19.5 Å². The van der Waals surface area contributed by atoms with E-state index < -0.39 is 39.3 Å². The van der Waals surface area contributed by atoms with Crippen LogP contribution in [0.15, 0.2) is 36.4 Å². The van der Waals surface area contributed by atoms with Crippen molar-refractivity contribution in [3.05, 3.63) is 63.1 Å². The average Bonchev–Trinajstić information content (AvgIpc) is 2.53. The van der Waals surface area contributed by atoms with Crippen LogP contribution in [0, 0.1) is 0 Å². The molecule has 138 valence electrons. The van der Waals surface area contributed by atoms with Gasteiger partial charge >= 0.3 is 12.2 Å². The second-order valence-corrected chi connectivity index (χ2v) is 6.05. The molecule has 0 bridgehead atoms. The molecule has 2 aromatic rings. The van der Waals surface area contributed by atoms with E-state index in [9.17, 15) is 22.8 Å². The number of nitrogens with one attached hydrogen (secondary N) is 2. The Labute approximate surface area is 157 Å². The summed E-state index contributed by atoms with van der Waals surface area (Å²) >= 11 is 11.5. The minimum absolute atomic E-state index is 0.416. The number of halogens is 5.